The van der Waals surface area contributed by atoms with E-state index < -0.39 is 21.9 Å². The SMILES string of the molecule is CCCOc1ccc(-c2noc([C@@H](Cc3ccccc3)NC(=O)Nc3ccc(CS(=O)(=O)c4ccc(C)cc4)cc3)n2)cc1. The molecule has 0 spiro atoms. The first kappa shape index (κ1) is 30.5. The van der Waals surface area contributed by atoms with Crippen LogP contribution < -0.4 is 15.4 Å². The number of anilines is 1. The van der Waals surface area contributed by atoms with Crippen LogP contribution in [0.15, 0.2) is 113 Å². The third-order valence-corrected chi connectivity index (χ3v) is 8.57. The monoisotopic (exact) mass is 610 g/mol. The third kappa shape index (κ3) is 8.11. The Morgan fingerprint density at radius 2 is 1.59 bits per heavy atom. The Hall–Kier alpha value is -4.96. The van der Waals surface area contributed by atoms with Crippen LogP contribution in [-0.4, -0.2) is 31.2 Å². The van der Waals surface area contributed by atoms with Gasteiger partial charge in [-0.15, -0.1) is 0 Å². The molecular weight excluding hydrogens is 576 g/mol. The quantitative estimate of drug-likeness (QED) is 0.157. The van der Waals surface area contributed by atoms with Gasteiger partial charge < -0.3 is 19.9 Å². The molecule has 0 aliphatic heterocycles. The van der Waals surface area contributed by atoms with Crippen LogP contribution >= 0.6 is 0 Å². The Bertz CT molecular complexity index is 1770. The van der Waals surface area contributed by atoms with Gasteiger partial charge in [0.25, 0.3) is 0 Å². The van der Waals surface area contributed by atoms with E-state index in [1.54, 1.807) is 48.5 Å². The van der Waals surface area contributed by atoms with Crippen LogP contribution in [0.3, 0.4) is 0 Å². The normalized spacial score (nSPS) is 12.0. The number of aryl methyl sites for hydroxylation is 1. The number of aromatic nitrogens is 2. The first-order chi connectivity index (χ1) is 21.3. The zero-order chi connectivity index (χ0) is 30.9. The summed E-state index contributed by atoms with van der Waals surface area (Å²) >= 11 is 0. The number of ether oxygens (including phenoxy) is 1. The summed E-state index contributed by atoms with van der Waals surface area (Å²) in [6.07, 6.45) is 1.35. The second-order valence-corrected chi connectivity index (χ2v) is 12.4. The van der Waals surface area contributed by atoms with Crippen LogP contribution in [0, 0.1) is 6.92 Å². The number of urea groups is 1. The number of rotatable bonds is 12. The van der Waals surface area contributed by atoms with Crippen LogP contribution in [0.1, 0.15) is 42.0 Å². The Morgan fingerprint density at radius 1 is 0.886 bits per heavy atom. The minimum Gasteiger partial charge on any atom is -0.494 e. The minimum absolute atomic E-state index is 0.143. The van der Waals surface area contributed by atoms with Gasteiger partial charge in [-0.2, -0.15) is 4.98 Å². The summed E-state index contributed by atoms with van der Waals surface area (Å²) in [5, 5.41) is 9.91. The number of carbonyl (C=O) groups excluding carboxylic acids is 1. The van der Waals surface area contributed by atoms with Crippen molar-refractivity contribution in [2.24, 2.45) is 0 Å². The van der Waals surface area contributed by atoms with Crippen molar-refractivity contribution in [1.82, 2.24) is 15.5 Å². The molecule has 2 amide bonds. The van der Waals surface area contributed by atoms with E-state index in [2.05, 4.69) is 20.8 Å². The van der Waals surface area contributed by atoms with E-state index in [1.165, 1.54) is 0 Å². The molecule has 1 heterocycles. The molecule has 10 heteroatoms. The summed E-state index contributed by atoms with van der Waals surface area (Å²) in [7, 11) is -3.50. The van der Waals surface area contributed by atoms with Gasteiger partial charge in [0.15, 0.2) is 9.84 Å². The highest BCUT2D eigenvalue weighted by Gasteiger charge is 2.23. The summed E-state index contributed by atoms with van der Waals surface area (Å²) in [5.41, 5.74) is 3.85. The van der Waals surface area contributed by atoms with Crippen molar-refractivity contribution in [3.63, 3.8) is 0 Å². The third-order valence-electron chi connectivity index (χ3n) is 6.86. The van der Waals surface area contributed by atoms with E-state index in [9.17, 15) is 13.2 Å². The van der Waals surface area contributed by atoms with Gasteiger partial charge in [0.2, 0.25) is 11.7 Å². The fourth-order valence-electron chi connectivity index (χ4n) is 4.52. The minimum atomic E-state index is -3.50. The van der Waals surface area contributed by atoms with Gasteiger partial charge in [-0.25, -0.2) is 13.2 Å². The number of hydrogen-bond donors (Lipinski definition) is 2. The molecule has 0 fully saturated rings. The topological polar surface area (TPSA) is 123 Å². The van der Waals surface area contributed by atoms with Crippen molar-refractivity contribution in [3.05, 3.63) is 126 Å². The second kappa shape index (κ2) is 14.0. The highest BCUT2D eigenvalue weighted by molar-refractivity contribution is 7.90. The van der Waals surface area contributed by atoms with Gasteiger partial charge in [0.1, 0.15) is 11.8 Å². The van der Waals surface area contributed by atoms with Crippen LogP contribution in [0.5, 0.6) is 5.75 Å². The van der Waals surface area contributed by atoms with Crippen LogP contribution in [0.4, 0.5) is 10.5 Å². The predicted octanol–water partition coefficient (Wildman–Crippen LogP) is 6.91. The molecule has 2 N–H and O–H groups in total. The number of carbonyl (C=O) groups is 1. The molecule has 1 atom stereocenters. The van der Waals surface area contributed by atoms with E-state index in [-0.39, 0.29) is 16.5 Å². The maximum absolute atomic E-state index is 13.1. The number of sulfone groups is 1. The lowest BCUT2D eigenvalue weighted by atomic mass is 10.1. The number of benzene rings is 4. The van der Waals surface area contributed by atoms with Gasteiger partial charge in [0.05, 0.1) is 17.3 Å². The van der Waals surface area contributed by atoms with Crippen LogP contribution in [0.2, 0.25) is 0 Å². The van der Waals surface area contributed by atoms with E-state index in [0.29, 0.717) is 30.1 Å². The molecule has 44 heavy (non-hydrogen) atoms. The first-order valence-electron chi connectivity index (χ1n) is 14.4. The molecule has 0 saturated heterocycles. The van der Waals surface area contributed by atoms with Crippen molar-refractivity contribution in [1.29, 1.82) is 0 Å². The van der Waals surface area contributed by atoms with E-state index >= 15 is 0 Å². The first-order valence-corrected chi connectivity index (χ1v) is 16.0. The average molecular weight is 611 g/mol. The van der Waals surface area contributed by atoms with Crippen molar-refractivity contribution in [2.45, 2.75) is 43.4 Å². The highest BCUT2D eigenvalue weighted by Crippen LogP contribution is 2.24. The molecule has 226 valence electrons. The average Bonchev–Trinajstić information content (AvgIpc) is 3.52. The highest BCUT2D eigenvalue weighted by atomic mass is 32.2. The summed E-state index contributed by atoms with van der Waals surface area (Å²) in [6, 6.07) is 29.6. The van der Waals surface area contributed by atoms with Gasteiger partial charge >= 0.3 is 6.03 Å². The Balaban J connectivity index is 1.26. The summed E-state index contributed by atoms with van der Waals surface area (Å²) in [5.74, 6) is 1.29. The maximum atomic E-state index is 13.1. The van der Waals surface area contributed by atoms with E-state index in [0.717, 1.165) is 28.9 Å². The van der Waals surface area contributed by atoms with Gasteiger partial charge in [-0.05, 0) is 73.0 Å². The Kier molecular flexibility index (Phi) is 9.71. The molecule has 0 aliphatic carbocycles. The van der Waals surface area contributed by atoms with Crippen molar-refractivity contribution >= 4 is 21.6 Å². The fraction of sp³-hybridized carbons (Fsp3) is 0.206. The van der Waals surface area contributed by atoms with Gasteiger partial charge in [-0.3, -0.25) is 0 Å². The Morgan fingerprint density at radius 3 is 2.27 bits per heavy atom. The molecule has 0 saturated carbocycles. The molecule has 0 aliphatic rings. The van der Waals surface area contributed by atoms with Gasteiger partial charge in [0, 0.05) is 17.7 Å². The van der Waals surface area contributed by atoms with Crippen LogP contribution in [-0.2, 0) is 22.0 Å². The zero-order valence-electron chi connectivity index (χ0n) is 24.6. The molecule has 0 radical (unpaired) electrons. The number of hydrogen-bond acceptors (Lipinski definition) is 7. The molecule has 0 unspecified atom stereocenters. The van der Waals surface area contributed by atoms with Crippen molar-refractivity contribution in [2.75, 3.05) is 11.9 Å². The summed E-state index contributed by atoms with van der Waals surface area (Å²) in [4.78, 5) is 18.0. The lowest BCUT2D eigenvalue weighted by Gasteiger charge is -2.16. The number of amides is 2. The van der Waals surface area contributed by atoms with Crippen LogP contribution in [0.25, 0.3) is 11.4 Å². The smallest absolute Gasteiger partial charge is 0.319 e. The standard InChI is InChI=1S/C34H34N4O5S/c1-3-21-42-29-17-13-27(14-18-29)32-37-33(43-38-32)31(22-25-7-5-4-6-8-25)36-34(39)35-28-15-11-26(12-16-28)23-44(40,41)30-19-9-24(2)10-20-30/h4-20,31H,3,21-23H2,1-2H3,(H2,35,36,39)/t31-/m1/s1. The zero-order valence-corrected chi connectivity index (χ0v) is 25.4. The molecular formula is C34H34N4O5S. The summed E-state index contributed by atoms with van der Waals surface area (Å²) < 4.78 is 36.9. The molecule has 5 rings (SSSR count). The van der Waals surface area contributed by atoms with Gasteiger partial charge in [-0.1, -0.05) is 72.2 Å². The number of nitrogens with zero attached hydrogens (tertiary/aromatic N) is 2. The largest absolute Gasteiger partial charge is 0.494 e. The van der Waals surface area contributed by atoms with E-state index in [4.69, 9.17) is 9.26 Å². The molecule has 4 aromatic carbocycles. The molecule has 5 aromatic rings. The van der Waals surface area contributed by atoms with Crippen molar-refractivity contribution < 1.29 is 22.5 Å². The lowest BCUT2D eigenvalue weighted by Crippen LogP contribution is -2.34. The fourth-order valence-corrected chi connectivity index (χ4v) is 5.87. The lowest BCUT2D eigenvalue weighted by molar-refractivity contribution is 0.243. The molecule has 0 bridgehead atoms. The second-order valence-electron chi connectivity index (χ2n) is 10.4. The molecule has 1 aromatic heterocycles. The van der Waals surface area contributed by atoms with Crippen molar-refractivity contribution in [3.8, 4) is 17.1 Å². The molecule has 9 nitrogen and oxygen atoms in total. The Labute approximate surface area is 257 Å². The predicted molar refractivity (Wildman–Crippen MR) is 169 cm³/mol. The van der Waals surface area contributed by atoms with E-state index in [1.807, 2.05) is 68.4 Å². The summed E-state index contributed by atoms with van der Waals surface area (Å²) in [6.45, 7) is 4.60. The number of nitrogens with one attached hydrogen (secondary N) is 2. The maximum Gasteiger partial charge on any atom is 0.319 e.